The molecule has 0 saturated heterocycles. The summed E-state index contributed by atoms with van der Waals surface area (Å²) in [6.07, 6.45) is 1.37. The fourth-order valence-corrected chi connectivity index (χ4v) is 3.02. The van der Waals surface area contributed by atoms with Crippen molar-refractivity contribution in [2.75, 3.05) is 5.32 Å². The van der Waals surface area contributed by atoms with Crippen LogP contribution in [0.2, 0.25) is 0 Å². The van der Waals surface area contributed by atoms with Crippen molar-refractivity contribution in [1.29, 1.82) is 0 Å². The first kappa shape index (κ1) is 20.0. The fourth-order valence-electron chi connectivity index (χ4n) is 3.02. The second-order valence-corrected chi connectivity index (χ2v) is 6.78. The average molecular weight is 419 g/mol. The number of carbonyl (C=O) groups excluding carboxylic acids is 2. The fraction of sp³-hybridized carbons (Fsp3) is 0.0909. The van der Waals surface area contributed by atoms with E-state index in [2.05, 4.69) is 15.7 Å². The van der Waals surface area contributed by atoms with Crippen LogP contribution < -0.4 is 16.3 Å². The summed E-state index contributed by atoms with van der Waals surface area (Å²) in [4.78, 5) is 37.3. The number of benzene rings is 2. The highest BCUT2D eigenvalue weighted by atomic mass is 19.1. The Morgan fingerprint density at radius 2 is 1.71 bits per heavy atom. The molecular weight excluding hydrogens is 401 g/mol. The lowest BCUT2D eigenvalue weighted by Gasteiger charge is -2.05. The molecule has 4 rings (SSSR count). The van der Waals surface area contributed by atoms with Crippen molar-refractivity contribution in [1.82, 2.24) is 19.5 Å². The van der Waals surface area contributed by atoms with Crippen LogP contribution in [0.25, 0.3) is 5.65 Å². The SMILES string of the molecule is O=C(Cn1nc2ccc(C(=O)NCc3ccccc3)cn2c1=O)Nc1ccccc1F. The zero-order valence-corrected chi connectivity index (χ0v) is 16.3. The molecule has 0 bridgehead atoms. The minimum Gasteiger partial charge on any atom is -0.348 e. The Hall–Kier alpha value is -4.27. The van der Waals surface area contributed by atoms with Crippen LogP contribution in [0, 0.1) is 5.82 Å². The summed E-state index contributed by atoms with van der Waals surface area (Å²) >= 11 is 0. The summed E-state index contributed by atoms with van der Waals surface area (Å²) in [5.74, 6) is -1.52. The lowest BCUT2D eigenvalue weighted by Crippen LogP contribution is -2.29. The highest BCUT2D eigenvalue weighted by molar-refractivity contribution is 5.94. The Morgan fingerprint density at radius 3 is 2.48 bits per heavy atom. The minimum atomic E-state index is -0.601. The third kappa shape index (κ3) is 4.50. The molecule has 2 aromatic heterocycles. The zero-order valence-electron chi connectivity index (χ0n) is 16.3. The van der Waals surface area contributed by atoms with Gasteiger partial charge < -0.3 is 10.6 Å². The number of aromatic nitrogens is 3. The topological polar surface area (TPSA) is 97.5 Å². The number of hydrogen-bond acceptors (Lipinski definition) is 4. The molecule has 0 fully saturated rings. The molecule has 8 nitrogen and oxygen atoms in total. The second kappa shape index (κ2) is 8.62. The largest absolute Gasteiger partial charge is 0.350 e. The lowest BCUT2D eigenvalue weighted by molar-refractivity contribution is -0.117. The Kier molecular flexibility index (Phi) is 5.57. The standard InChI is InChI=1S/C22H18FN5O3/c23-17-8-4-5-9-18(17)25-20(29)14-28-22(31)27-13-16(10-11-19(27)26-28)21(30)24-12-15-6-2-1-3-7-15/h1-11,13H,12,14H2,(H,24,30)(H,25,29). The molecule has 2 heterocycles. The van der Waals surface area contributed by atoms with E-state index in [1.54, 1.807) is 12.1 Å². The van der Waals surface area contributed by atoms with Crippen molar-refractivity contribution < 1.29 is 14.0 Å². The number of hydrogen-bond donors (Lipinski definition) is 2. The predicted molar refractivity (Wildman–Crippen MR) is 112 cm³/mol. The van der Waals surface area contributed by atoms with Gasteiger partial charge in [-0.05, 0) is 29.8 Å². The molecule has 0 aliphatic heterocycles. The quantitative estimate of drug-likeness (QED) is 0.501. The molecule has 2 amide bonds. The maximum atomic E-state index is 13.7. The van der Waals surface area contributed by atoms with Gasteiger partial charge in [0.05, 0.1) is 11.3 Å². The molecule has 9 heteroatoms. The van der Waals surface area contributed by atoms with Crippen molar-refractivity contribution >= 4 is 23.1 Å². The number of amides is 2. The van der Waals surface area contributed by atoms with E-state index in [-0.39, 0.29) is 22.8 Å². The van der Waals surface area contributed by atoms with Crippen LogP contribution in [0.15, 0.2) is 77.7 Å². The number of pyridine rings is 1. The molecule has 0 atom stereocenters. The van der Waals surface area contributed by atoms with Crippen molar-refractivity contribution in [2.24, 2.45) is 0 Å². The van der Waals surface area contributed by atoms with Crippen molar-refractivity contribution in [3.63, 3.8) is 0 Å². The molecule has 156 valence electrons. The first-order valence-corrected chi connectivity index (χ1v) is 9.47. The third-order valence-electron chi connectivity index (χ3n) is 4.58. The lowest BCUT2D eigenvalue weighted by atomic mass is 10.2. The van der Waals surface area contributed by atoms with Gasteiger partial charge in [0.1, 0.15) is 12.4 Å². The number of anilines is 1. The summed E-state index contributed by atoms with van der Waals surface area (Å²) in [6, 6.07) is 18.2. The van der Waals surface area contributed by atoms with Crippen LogP contribution in [-0.2, 0) is 17.9 Å². The van der Waals surface area contributed by atoms with Gasteiger partial charge in [0, 0.05) is 12.7 Å². The van der Waals surface area contributed by atoms with Gasteiger partial charge >= 0.3 is 5.69 Å². The van der Waals surface area contributed by atoms with Crippen molar-refractivity contribution in [3.05, 3.63) is 100 Å². The Labute approximate surface area is 175 Å². The molecule has 2 N–H and O–H groups in total. The first-order chi connectivity index (χ1) is 15.0. The first-order valence-electron chi connectivity index (χ1n) is 9.47. The highest BCUT2D eigenvalue weighted by Gasteiger charge is 2.14. The van der Waals surface area contributed by atoms with E-state index < -0.39 is 24.0 Å². The van der Waals surface area contributed by atoms with Gasteiger partial charge in [-0.15, -0.1) is 5.10 Å². The van der Waals surface area contributed by atoms with Crippen LogP contribution in [0.3, 0.4) is 0 Å². The Bertz CT molecular complexity index is 1310. The summed E-state index contributed by atoms with van der Waals surface area (Å²) in [5.41, 5.74) is 0.935. The summed E-state index contributed by atoms with van der Waals surface area (Å²) < 4.78 is 15.8. The maximum Gasteiger partial charge on any atom is 0.350 e. The maximum absolute atomic E-state index is 13.7. The Balaban J connectivity index is 1.48. The van der Waals surface area contributed by atoms with Crippen LogP contribution in [-0.4, -0.2) is 26.0 Å². The van der Waals surface area contributed by atoms with Gasteiger partial charge in [-0.3, -0.25) is 9.59 Å². The summed E-state index contributed by atoms with van der Waals surface area (Å²) in [7, 11) is 0. The van der Waals surface area contributed by atoms with Crippen molar-refractivity contribution in [3.8, 4) is 0 Å². The minimum absolute atomic E-state index is 0.0155. The molecule has 31 heavy (non-hydrogen) atoms. The van der Waals surface area contributed by atoms with Crippen LogP contribution in [0.4, 0.5) is 10.1 Å². The van der Waals surface area contributed by atoms with Crippen molar-refractivity contribution in [2.45, 2.75) is 13.1 Å². The number of nitrogens with one attached hydrogen (secondary N) is 2. The van der Waals surface area contributed by atoms with Gasteiger partial charge in [0.2, 0.25) is 5.91 Å². The Morgan fingerprint density at radius 1 is 0.968 bits per heavy atom. The van der Waals surface area contributed by atoms with E-state index in [0.29, 0.717) is 6.54 Å². The van der Waals surface area contributed by atoms with Gasteiger partial charge in [0.15, 0.2) is 5.65 Å². The third-order valence-corrected chi connectivity index (χ3v) is 4.58. The summed E-state index contributed by atoms with van der Waals surface area (Å²) in [6.45, 7) is -0.0491. The average Bonchev–Trinajstić information content (AvgIpc) is 3.09. The summed E-state index contributed by atoms with van der Waals surface area (Å²) in [5, 5.41) is 9.29. The van der Waals surface area contributed by atoms with Crippen LogP contribution in [0.1, 0.15) is 15.9 Å². The van der Waals surface area contributed by atoms with E-state index in [4.69, 9.17) is 0 Å². The number of nitrogens with zero attached hydrogens (tertiary/aromatic N) is 3. The molecule has 4 aromatic rings. The van der Waals surface area contributed by atoms with Gasteiger partial charge in [-0.2, -0.15) is 0 Å². The molecule has 0 saturated carbocycles. The van der Waals surface area contributed by atoms with Crippen LogP contribution >= 0.6 is 0 Å². The van der Waals surface area contributed by atoms with E-state index >= 15 is 0 Å². The van der Waals surface area contributed by atoms with Gasteiger partial charge in [-0.25, -0.2) is 18.3 Å². The molecular formula is C22H18FN5O3. The number of carbonyl (C=O) groups is 2. The second-order valence-electron chi connectivity index (χ2n) is 6.78. The molecule has 0 unspecified atom stereocenters. The molecule has 0 aliphatic carbocycles. The normalized spacial score (nSPS) is 10.7. The number of rotatable bonds is 6. The smallest absolute Gasteiger partial charge is 0.348 e. The zero-order chi connectivity index (χ0) is 21.8. The van der Waals surface area contributed by atoms with E-state index in [0.717, 1.165) is 10.2 Å². The number of halogens is 1. The van der Waals surface area contributed by atoms with Crippen LogP contribution in [0.5, 0.6) is 0 Å². The highest BCUT2D eigenvalue weighted by Crippen LogP contribution is 2.12. The molecule has 0 aliphatic rings. The van der Waals surface area contributed by atoms with E-state index in [9.17, 15) is 18.8 Å². The predicted octanol–water partition coefficient (Wildman–Crippen LogP) is 2.20. The molecule has 0 spiro atoms. The molecule has 2 aromatic carbocycles. The molecule has 0 radical (unpaired) electrons. The van der Waals surface area contributed by atoms with E-state index in [1.165, 1.54) is 34.9 Å². The van der Waals surface area contributed by atoms with E-state index in [1.807, 2.05) is 30.3 Å². The number of para-hydroxylation sites is 1. The van der Waals surface area contributed by atoms with Gasteiger partial charge in [-0.1, -0.05) is 42.5 Å². The number of fused-ring (bicyclic) bond motifs is 1. The van der Waals surface area contributed by atoms with Gasteiger partial charge in [0.25, 0.3) is 5.91 Å². The monoisotopic (exact) mass is 419 g/mol.